The molecule has 0 saturated heterocycles. The number of aryl methyl sites for hydroxylation is 1. The molecule has 3 heterocycles. The fourth-order valence-corrected chi connectivity index (χ4v) is 4.56. The smallest absolute Gasteiger partial charge is 0.269 e. The van der Waals surface area contributed by atoms with Crippen LogP contribution in [0.5, 0.6) is 5.75 Å². The van der Waals surface area contributed by atoms with Crippen LogP contribution in [0.15, 0.2) is 84.7 Å². The monoisotopic (exact) mass is 437 g/mol. The molecule has 0 fully saturated rings. The Kier molecular flexibility index (Phi) is 4.26. The van der Waals surface area contributed by atoms with E-state index in [1.54, 1.807) is 12.1 Å². The van der Waals surface area contributed by atoms with E-state index in [1.807, 2.05) is 41.9 Å². The topological polar surface area (TPSA) is 95.1 Å². The molecule has 2 aliphatic heterocycles. The van der Waals surface area contributed by atoms with Crippen molar-refractivity contribution in [3.63, 3.8) is 0 Å². The van der Waals surface area contributed by atoms with E-state index in [9.17, 15) is 10.1 Å². The highest BCUT2D eigenvalue weighted by Crippen LogP contribution is 2.50. The third kappa shape index (κ3) is 3.07. The first kappa shape index (κ1) is 19.2. The van der Waals surface area contributed by atoms with Crippen LogP contribution >= 0.6 is 0 Å². The Bertz CT molecular complexity index is 1420. The molecular formula is C25H19N5O3. The van der Waals surface area contributed by atoms with Gasteiger partial charge in [0.05, 0.1) is 10.6 Å². The molecule has 1 aromatic heterocycles. The predicted molar refractivity (Wildman–Crippen MR) is 123 cm³/mol. The Morgan fingerprint density at radius 3 is 2.67 bits per heavy atom. The van der Waals surface area contributed by atoms with Gasteiger partial charge in [0.25, 0.3) is 5.69 Å². The lowest BCUT2D eigenvalue weighted by Crippen LogP contribution is -2.32. The normalized spacial score (nSPS) is 18.5. The summed E-state index contributed by atoms with van der Waals surface area (Å²) in [5.74, 6) is 1.34. The number of nitrogens with one attached hydrogen (secondary N) is 1. The molecule has 2 aliphatic rings. The molecule has 0 aliphatic carbocycles. The summed E-state index contributed by atoms with van der Waals surface area (Å²) >= 11 is 0. The van der Waals surface area contributed by atoms with Crippen molar-refractivity contribution >= 4 is 17.3 Å². The Balaban J connectivity index is 1.62. The highest BCUT2D eigenvalue weighted by Gasteiger charge is 2.41. The van der Waals surface area contributed by atoms with Crippen LogP contribution in [0.2, 0.25) is 0 Å². The molecule has 0 radical (unpaired) electrons. The van der Waals surface area contributed by atoms with Crippen LogP contribution in [0.3, 0.4) is 0 Å². The Hall–Kier alpha value is -4.46. The average molecular weight is 437 g/mol. The van der Waals surface area contributed by atoms with Crippen molar-refractivity contribution in [2.75, 3.05) is 5.32 Å². The maximum Gasteiger partial charge on any atom is 0.269 e. The Morgan fingerprint density at radius 2 is 1.85 bits per heavy atom. The number of hydrogen-bond acceptors (Lipinski definition) is 6. The molecular weight excluding hydrogens is 418 g/mol. The van der Waals surface area contributed by atoms with E-state index in [0.717, 1.165) is 28.0 Å². The lowest BCUT2D eigenvalue weighted by atomic mass is 9.84. The van der Waals surface area contributed by atoms with Gasteiger partial charge >= 0.3 is 0 Å². The van der Waals surface area contributed by atoms with Gasteiger partial charge in [0.2, 0.25) is 5.95 Å². The van der Waals surface area contributed by atoms with Crippen LogP contribution in [-0.2, 0) is 0 Å². The molecule has 0 bridgehead atoms. The summed E-state index contributed by atoms with van der Waals surface area (Å²) in [7, 11) is 0. The third-order valence-electron chi connectivity index (χ3n) is 6.10. The molecule has 0 saturated carbocycles. The molecule has 8 heteroatoms. The number of anilines is 1. The molecule has 3 aromatic carbocycles. The summed E-state index contributed by atoms with van der Waals surface area (Å²) in [5, 5.41) is 19.4. The van der Waals surface area contributed by atoms with E-state index in [0.29, 0.717) is 17.3 Å². The van der Waals surface area contributed by atoms with Gasteiger partial charge in [-0.25, -0.2) is 4.68 Å². The number of ether oxygens (including phenoxy) is 1. The van der Waals surface area contributed by atoms with Crippen LogP contribution in [0.25, 0.3) is 5.70 Å². The minimum Gasteiger partial charge on any atom is -0.480 e. The van der Waals surface area contributed by atoms with Gasteiger partial charge in [0.1, 0.15) is 24.2 Å². The van der Waals surface area contributed by atoms with Crippen molar-refractivity contribution in [1.29, 1.82) is 0 Å². The van der Waals surface area contributed by atoms with Crippen molar-refractivity contribution < 1.29 is 9.66 Å². The zero-order chi connectivity index (χ0) is 22.5. The number of non-ortho nitro benzene ring substituents is 1. The molecule has 1 N–H and O–H groups in total. The number of para-hydroxylation sites is 1. The van der Waals surface area contributed by atoms with Gasteiger partial charge in [-0.2, -0.15) is 10.1 Å². The van der Waals surface area contributed by atoms with E-state index in [-0.39, 0.29) is 16.7 Å². The lowest BCUT2D eigenvalue weighted by molar-refractivity contribution is -0.385. The summed E-state index contributed by atoms with van der Waals surface area (Å²) in [4.78, 5) is 15.5. The zero-order valence-electron chi connectivity index (χ0n) is 17.7. The quantitative estimate of drug-likeness (QED) is 0.356. The highest BCUT2D eigenvalue weighted by molar-refractivity contribution is 5.85. The Morgan fingerprint density at radius 1 is 1.03 bits per heavy atom. The maximum absolute atomic E-state index is 11.5. The van der Waals surface area contributed by atoms with E-state index in [4.69, 9.17) is 4.74 Å². The summed E-state index contributed by atoms with van der Waals surface area (Å²) in [5.41, 5.74) is 5.64. The second-order valence-corrected chi connectivity index (χ2v) is 8.14. The maximum atomic E-state index is 11.5. The predicted octanol–water partition coefficient (Wildman–Crippen LogP) is 5.05. The van der Waals surface area contributed by atoms with E-state index in [1.165, 1.54) is 12.4 Å². The van der Waals surface area contributed by atoms with Crippen molar-refractivity contribution in [3.8, 4) is 5.75 Å². The van der Waals surface area contributed by atoms with Crippen LogP contribution in [0.4, 0.5) is 11.6 Å². The number of hydrogen-bond donors (Lipinski definition) is 1. The number of benzene rings is 3. The molecule has 0 amide bonds. The molecule has 0 spiro atoms. The minimum atomic E-state index is -0.550. The summed E-state index contributed by atoms with van der Waals surface area (Å²) < 4.78 is 8.35. The first-order valence-corrected chi connectivity index (χ1v) is 10.6. The van der Waals surface area contributed by atoms with Crippen LogP contribution in [0.1, 0.15) is 34.4 Å². The lowest BCUT2D eigenvalue weighted by Gasteiger charge is -2.38. The van der Waals surface area contributed by atoms with Gasteiger partial charge in [-0.05, 0) is 24.6 Å². The molecule has 4 aromatic rings. The van der Waals surface area contributed by atoms with Gasteiger partial charge in [-0.1, -0.05) is 54.1 Å². The van der Waals surface area contributed by atoms with Gasteiger partial charge in [0.15, 0.2) is 0 Å². The fraction of sp³-hybridized carbons (Fsp3) is 0.120. The second-order valence-electron chi connectivity index (χ2n) is 8.14. The minimum absolute atomic E-state index is 0.0224. The highest BCUT2D eigenvalue weighted by atomic mass is 16.6. The van der Waals surface area contributed by atoms with Gasteiger partial charge in [0, 0.05) is 28.8 Å². The van der Waals surface area contributed by atoms with Crippen LogP contribution in [0, 0.1) is 17.0 Å². The molecule has 0 unspecified atom stereocenters. The van der Waals surface area contributed by atoms with Crippen LogP contribution in [-0.4, -0.2) is 19.7 Å². The standard InChI is InChI=1S/C25H19N5O3/c1-15-9-11-16(12-10-15)23-21-22(28-25-26-14-27-29(23)25)19-7-2-3-8-20(19)33-24(21)17-5-4-6-18(13-17)30(31)32/h2-14,23-24H,1H3,(H,26,27,28)/t23-,24-/m0/s1. The molecule has 33 heavy (non-hydrogen) atoms. The number of nitro groups is 1. The van der Waals surface area contributed by atoms with E-state index >= 15 is 0 Å². The SMILES string of the molecule is Cc1ccc([C@H]2C3=C(Nc4ncnn42)c2ccccc2O[C@H]3c2cccc([N+](=O)[O-])c2)cc1. The molecule has 6 rings (SSSR count). The third-order valence-corrected chi connectivity index (χ3v) is 6.10. The fourth-order valence-electron chi connectivity index (χ4n) is 4.56. The Labute approximate surface area is 189 Å². The van der Waals surface area contributed by atoms with Crippen molar-refractivity contribution in [2.45, 2.75) is 19.1 Å². The molecule has 162 valence electrons. The summed E-state index contributed by atoms with van der Waals surface area (Å²) in [6.07, 6.45) is 0.975. The number of nitrogens with zero attached hydrogens (tertiary/aromatic N) is 4. The number of fused-ring (bicyclic) bond motifs is 3. The number of rotatable bonds is 3. The molecule has 2 atom stereocenters. The van der Waals surface area contributed by atoms with Crippen molar-refractivity contribution in [1.82, 2.24) is 14.8 Å². The van der Waals surface area contributed by atoms with E-state index in [2.05, 4.69) is 39.7 Å². The number of aromatic nitrogens is 3. The van der Waals surface area contributed by atoms with Crippen molar-refractivity contribution in [3.05, 3.63) is 117 Å². The van der Waals surface area contributed by atoms with E-state index < -0.39 is 6.10 Å². The van der Waals surface area contributed by atoms with Crippen molar-refractivity contribution in [2.24, 2.45) is 0 Å². The summed E-state index contributed by atoms with van der Waals surface area (Å²) in [6.45, 7) is 2.05. The summed E-state index contributed by atoms with van der Waals surface area (Å²) in [6, 6.07) is 22.4. The van der Waals surface area contributed by atoms with Gasteiger partial charge < -0.3 is 10.1 Å². The second kappa shape index (κ2) is 7.30. The van der Waals surface area contributed by atoms with Gasteiger partial charge in [-0.15, -0.1) is 0 Å². The first-order valence-electron chi connectivity index (χ1n) is 10.6. The van der Waals surface area contributed by atoms with Gasteiger partial charge in [-0.3, -0.25) is 10.1 Å². The largest absolute Gasteiger partial charge is 0.480 e. The van der Waals surface area contributed by atoms with Crippen LogP contribution < -0.4 is 10.1 Å². The zero-order valence-corrected chi connectivity index (χ0v) is 17.7. The first-order chi connectivity index (χ1) is 16.1. The average Bonchev–Trinajstić information content (AvgIpc) is 3.31. The molecule has 8 nitrogen and oxygen atoms in total. The number of nitro benzene ring substituents is 1.